The molecule has 3 aromatic heterocycles. The fraction of sp³-hybridized carbons (Fsp3) is 0.448. The maximum Gasteiger partial charge on any atom is 0.252 e. The summed E-state index contributed by atoms with van der Waals surface area (Å²) in [5.41, 5.74) is 0.539. The Morgan fingerprint density at radius 1 is 1.05 bits per heavy atom. The number of rotatable bonds is 7. The topological polar surface area (TPSA) is 116 Å². The standard InChI is InChI=1S/C29H31F2N7O2S/c1-6-18-17-14-21(23-19(30)8-7-9-20(23)31)35-36-24(17)28(4,27(18,2)3)22-10-13-32-26(34-22)38-16-33-25(37-38)29(11-12-29)15-41(5,39)40/h7-10,13-14,16,18H,6,11-12,15H2,1-5H3. The molecule has 4 aromatic rings. The van der Waals surface area contributed by atoms with Gasteiger partial charge in [-0.05, 0) is 67.3 Å². The molecule has 6 rings (SSSR count). The van der Waals surface area contributed by atoms with E-state index in [2.05, 4.69) is 53.0 Å². The van der Waals surface area contributed by atoms with E-state index in [0.717, 1.165) is 12.0 Å². The van der Waals surface area contributed by atoms with Crippen LogP contribution < -0.4 is 0 Å². The first-order valence-electron chi connectivity index (χ1n) is 13.6. The van der Waals surface area contributed by atoms with Crippen molar-refractivity contribution in [1.29, 1.82) is 0 Å². The summed E-state index contributed by atoms with van der Waals surface area (Å²) in [4.78, 5) is 13.8. The Labute approximate surface area is 237 Å². The van der Waals surface area contributed by atoms with Crippen molar-refractivity contribution in [1.82, 2.24) is 34.9 Å². The number of hydrogen-bond acceptors (Lipinski definition) is 8. The summed E-state index contributed by atoms with van der Waals surface area (Å²) >= 11 is 0. The highest BCUT2D eigenvalue weighted by Gasteiger charge is 2.58. The first kappa shape index (κ1) is 27.5. The molecule has 214 valence electrons. The van der Waals surface area contributed by atoms with Gasteiger partial charge in [-0.25, -0.2) is 32.2 Å². The second kappa shape index (κ2) is 9.17. The summed E-state index contributed by atoms with van der Waals surface area (Å²) in [5.74, 6) is -0.598. The van der Waals surface area contributed by atoms with E-state index in [1.807, 2.05) is 6.07 Å². The number of nitrogens with zero attached hydrogens (tertiary/aromatic N) is 7. The van der Waals surface area contributed by atoms with Crippen molar-refractivity contribution in [2.24, 2.45) is 5.41 Å². The lowest BCUT2D eigenvalue weighted by atomic mass is 9.62. The second-order valence-electron chi connectivity index (χ2n) is 12.0. The smallest absolute Gasteiger partial charge is 0.229 e. The zero-order valence-corrected chi connectivity index (χ0v) is 24.4. The zero-order valence-electron chi connectivity index (χ0n) is 23.6. The zero-order chi connectivity index (χ0) is 29.4. The average Bonchev–Trinajstić information content (AvgIpc) is 3.43. The molecule has 2 aliphatic carbocycles. The van der Waals surface area contributed by atoms with Gasteiger partial charge in [0.2, 0.25) is 0 Å². The monoisotopic (exact) mass is 579 g/mol. The third-order valence-corrected chi connectivity index (χ3v) is 10.3. The van der Waals surface area contributed by atoms with Crippen molar-refractivity contribution < 1.29 is 17.2 Å². The van der Waals surface area contributed by atoms with E-state index < -0.39 is 37.7 Å². The minimum atomic E-state index is -3.20. The van der Waals surface area contributed by atoms with Gasteiger partial charge >= 0.3 is 0 Å². The van der Waals surface area contributed by atoms with Crippen LogP contribution in [0.3, 0.4) is 0 Å². The predicted octanol–water partition coefficient (Wildman–Crippen LogP) is 4.71. The summed E-state index contributed by atoms with van der Waals surface area (Å²) in [7, 11) is -3.20. The van der Waals surface area contributed by atoms with Crippen LogP contribution in [0.15, 0.2) is 42.9 Å². The van der Waals surface area contributed by atoms with Crippen molar-refractivity contribution in [3.63, 3.8) is 0 Å². The SMILES string of the molecule is CCC1c2cc(-c3c(F)cccc3F)nnc2C(C)(c2ccnc(-n3cnc(C4(CS(C)(=O)=O)CC4)n3)n2)C1(C)C. The largest absolute Gasteiger partial charge is 0.252 e. The lowest BCUT2D eigenvalue weighted by molar-refractivity contribution is 0.189. The molecule has 0 aliphatic heterocycles. The maximum absolute atomic E-state index is 14.6. The van der Waals surface area contributed by atoms with Gasteiger partial charge in [0.15, 0.2) is 5.82 Å². The molecule has 2 aliphatic rings. The van der Waals surface area contributed by atoms with Crippen LogP contribution >= 0.6 is 0 Å². The van der Waals surface area contributed by atoms with Gasteiger partial charge in [0, 0.05) is 17.9 Å². The molecule has 1 aromatic carbocycles. The second-order valence-corrected chi connectivity index (χ2v) is 14.2. The molecule has 41 heavy (non-hydrogen) atoms. The van der Waals surface area contributed by atoms with Crippen LogP contribution in [-0.4, -0.2) is 55.4 Å². The molecule has 2 unspecified atom stereocenters. The van der Waals surface area contributed by atoms with Crippen LogP contribution in [-0.2, 0) is 20.7 Å². The molecule has 9 nitrogen and oxygen atoms in total. The number of benzene rings is 1. The molecule has 0 spiro atoms. The molecular weight excluding hydrogens is 548 g/mol. The summed E-state index contributed by atoms with van der Waals surface area (Å²) in [6.45, 7) is 8.43. The first-order chi connectivity index (χ1) is 19.3. The molecule has 0 saturated heterocycles. The Morgan fingerprint density at radius 2 is 1.76 bits per heavy atom. The van der Waals surface area contributed by atoms with Crippen LogP contribution in [0.4, 0.5) is 8.78 Å². The van der Waals surface area contributed by atoms with Crippen molar-refractivity contribution in [3.05, 3.63) is 77.3 Å². The van der Waals surface area contributed by atoms with Crippen LogP contribution in [0.25, 0.3) is 17.2 Å². The van der Waals surface area contributed by atoms with E-state index in [1.54, 1.807) is 12.3 Å². The van der Waals surface area contributed by atoms with E-state index in [-0.39, 0.29) is 22.9 Å². The number of hydrogen-bond donors (Lipinski definition) is 0. The van der Waals surface area contributed by atoms with Crippen molar-refractivity contribution in [3.8, 4) is 17.2 Å². The van der Waals surface area contributed by atoms with Gasteiger partial charge < -0.3 is 0 Å². The maximum atomic E-state index is 14.6. The Hall–Kier alpha value is -3.67. The molecule has 0 amide bonds. The number of fused-ring (bicyclic) bond motifs is 1. The Kier molecular flexibility index (Phi) is 6.15. The molecule has 1 saturated carbocycles. The molecule has 0 radical (unpaired) electrons. The van der Waals surface area contributed by atoms with Crippen LogP contribution in [0, 0.1) is 17.0 Å². The van der Waals surface area contributed by atoms with E-state index in [0.29, 0.717) is 36.0 Å². The number of sulfone groups is 1. The molecule has 2 atom stereocenters. The molecule has 3 heterocycles. The third-order valence-electron chi connectivity index (χ3n) is 9.18. The quantitative estimate of drug-likeness (QED) is 0.309. The molecule has 0 bridgehead atoms. The van der Waals surface area contributed by atoms with Crippen molar-refractivity contribution >= 4 is 9.84 Å². The molecule has 12 heteroatoms. The normalized spacial score (nSPS) is 22.5. The van der Waals surface area contributed by atoms with Gasteiger partial charge in [0.1, 0.15) is 27.8 Å². The Bertz CT molecular complexity index is 1770. The van der Waals surface area contributed by atoms with Crippen molar-refractivity contribution in [2.75, 3.05) is 12.0 Å². The van der Waals surface area contributed by atoms with E-state index in [1.165, 1.54) is 35.5 Å². The van der Waals surface area contributed by atoms with Gasteiger partial charge in [0.05, 0.1) is 33.8 Å². The molecule has 0 N–H and O–H groups in total. The van der Waals surface area contributed by atoms with Gasteiger partial charge in [-0.3, -0.25) is 0 Å². The Morgan fingerprint density at radius 3 is 2.39 bits per heavy atom. The van der Waals surface area contributed by atoms with Gasteiger partial charge in [-0.2, -0.15) is 9.78 Å². The third kappa shape index (κ3) is 4.25. The summed E-state index contributed by atoms with van der Waals surface area (Å²) in [5, 5.41) is 13.5. The fourth-order valence-electron chi connectivity index (χ4n) is 6.57. The van der Waals surface area contributed by atoms with E-state index in [4.69, 9.17) is 4.98 Å². The van der Waals surface area contributed by atoms with Gasteiger partial charge in [-0.1, -0.05) is 26.8 Å². The average molecular weight is 580 g/mol. The van der Waals surface area contributed by atoms with Crippen LogP contribution in [0.2, 0.25) is 0 Å². The highest BCUT2D eigenvalue weighted by molar-refractivity contribution is 7.90. The Balaban J connectivity index is 1.43. The minimum absolute atomic E-state index is 0.00377. The highest BCUT2D eigenvalue weighted by Crippen LogP contribution is 2.61. The summed E-state index contributed by atoms with van der Waals surface area (Å²) < 4.78 is 54.7. The van der Waals surface area contributed by atoms with Crippen LogP contribution in [0.5, 0.6) is 0 Å². The van der Waals surface area contributed by atoms with Gasteiger partial charge in [0.25, 0.3) is 5.95 Å². The lowest BCUT2D eigenvalue weighted by Crippen LogP contribution is -2.40. The molecular formula is C29H31F2N7O2S. The van der Waals surface area contributed by atoms with Crippen LogP contribution in [0.1, 0.15) is 75.7 Å². The summed E-state index contributed by atoms with van der Waals surface area (Å²) in [6.07, 6.45) is 6.58. The van der Waals surface area contributed by atoms with Gasteiger partial charge in [-0.15, -0.1) is 10.2 Å². The summed E-state index contributed by atoms with van der Waals surface area (Å²) in [6, 6.07) is 7.34. The lowest BCUT2D eigenvalue weighted by Gasteiger charge is -2.41. The number of aromatic nitrogens is 7. The molecule has 1 fully saturated rings. The minimum Gasteiger partial charge on any atom is -0.229 e. The fourth-order valence-corrected chi connectivity index (χ4v) is 8.00. The van der Waals surface area contributed by atoms with Crippen molar-refractivity contribution in [2.45, 2.75) is 63.7 Å². The predicted molar refractivity (Wildman–Crippen MR) is 148 cm³/mol. The first-order valence-corrected chi connectivity index (χ1v) is 15.6. The number of halogens is 2. The van der Waals surface area contributed by atoms with E-state index >= 15 is 0 Å². The highest BCUT2D eigenvalue weighted by atomic mass is 32.2. The van der Waals surface area contributed by atoms with E-state index in [9.17, 15) is 17.2 Å².